The Morgan fingerprint density at radius 2 is 1.80 bits per heavy atom. The van der Waals surface area contributed by atoms with Crippen LogP contribution in [0.5, 0.6) is 0 Å². The van der Waals surface area contributed by atoms with Gasteiger partial charge in [0.25, 0.3) is 0 Å². The van der Waals surface area contributed by atoms with Gasteiger partial charge in [0.15, 0.2) is 0 Å². The fourth-order valence-corrected chi connectivity index (χ4v) is 6.90. The third-order valence-corrected chi connectivity index (χ3v) is 9.45. The minimum Gasteiger partial charge on any atom is -0.382 e. The Balaban J connectivity index is 1.19. The van der Waals surface area contributed by atoms with Crippen LogP contribution < -0.4 is 16.0 Å². The number of amidine groups is 1. The molecule has 0 aromatic heterocycles. The van der Waals surface area contributed by atoms with Crippen LogP contribution in [0, 0.1) is 11.7 Å². The second-order valence-corrected chi connectivity index (χ2v) is 12.0. The summed E-state index contributed by atoms with van der Waals surface area (Å²) >= 11 is 0. The van der Waals surface area contributed by atoms with Crippen molar-refractivity contribution in [2.45, 2.75) is 51.1 Å². The second kappa shape index (κ2) is 12.1. The molecular formula is C32H44FN7O. The first-order chi connectivity index (χ1) is 19.9. The number of ether oxygens (including phenoxy) is 1. The van der Waals surface area contributed by atoms with E-state index in [1.807, 2.05) is 12.1 Å². The zero-order valence-electron chi connectivity index (χ0n) is 24.5. The Kier molecular flexibility index (Phi) is 8.28. The summed E-state index contributed by atoms with van der Waals surface area (Å²) in [7, 11) is 2.19. The van der Waals surface area contributed by atoms with Gasteiger partial charge in [-0.15, -0.1) is 0 Å². The number of hydrogen-bond donors (Lipinski definition) is 2. The molecule has 3 N–H and O–H groups in total. The number of benzene rings is 1. The SMILES string of the molecule is C=C1C(NC2CCOCC2)=C(CC)N=C2C(N)=NC=C(c3ccc(N4CCC(N5CCN(C)CC5)CC4)c(F)c3)C12. The van der Waals surface area contributed by atoms with E-state index >= 15 is 4.39 Å². The van der Waals surface area contributed by atoms with Gasteiger partial charge in [0.1, 0.15) is 11.7 Å². The fraction of sp³-hybridized carbons (Fsp3) is 0.562. The summed E-state index contributed by atoms with van der Waals surface area (Å²) in [5, 5.41) is 3.72. The summed E-state index contributed by atoms with van der Waals surface area (Å²) in [6.07, 6.45) is 6.55. The van der Waals surface area contributed by atoms with Gasteiger partial charge in [-0.3, -0.25) is 9.89 Å². The smallest absolute Gasteiger partial charge is 0.147 e. The first kappa shape index (κ1) is 28.1. The fourth-order valence-electron chi connectivity index (χ4n) is 6.90. The van der Waals surface area contributed by atoms with Gasteiger partial charge in [-0.2, -0.15) is 0 Å². The van der Waals surface area contributed by atoms with Crippen LogP contribution in [-0.2, 0) is 4.74 Å². The van der Waals surface area contributed by atoms with Gasteiger partial charge in [-0.1, -0.05) is 19.6 Å². The maximum absolute atomic E-state index is 15.8. The Hall–Kier alpha value is -3.01. The molecule has 1 aromatic rings. The average Bonchev–Trinajstić information content (AvgIpc) is 3.00. The molecule has 0 amide bonds. The largest absolute Gasteiger partial charge is 0.382 e. The van der Waals surface area contributed by atoms with Gasteiger partial charge in [0.05, 0.1) is 28.7 Å². The molecule has 220 valence electrons. The van der Waals surface area contributed by atoms with E-state index < -0.39 is 0 Å². The molecule has 1 unspecified atom stereocenters. The van der Waals surface area contributed by atoms with E-state index in [0.29, 0.717) is 29.3 Å². The monoisotopic (exact) mass is 561 g/mol. The number of halogens is 1. The summed E-state index contributed by atoms with van der Waals surface area (Å²) in [5.74, 6) is -0.0692. The number of piperidine rings is 1. The highest BCUT2D eigenvalue weighted by atomic mass is 19.1. The molecule has 5 aliphatic heterocycles. The summed E-state index contributed by atoms with van der Waals surface area (Å²) in [5.41, 5.74) is 12.2. The summed E-state index contributed by atoms with van der Waals surface area (Å²) in [4.78, 5) is 16.7. The average molecular weight is 562 g/mol. The van der Waals surface area contributed by atoms with E-state index in [1.165, 1.54) is 0 Å². The highest BCUT2D eigenvalue weighted by Gasteiger charge is 2.37. The van der Waals surface area contributed by atoms with E-state index in [0.717, 1.165) is 113 Å². The number of aliphatic imine (C=N–C) groups is 2. The number of anilines is 1. The molecule has 9 heteroatoms. The minimum atomic E-state index is -0.269. The number of likely N-dealkylation sites (N-methyl/N-ethyl adjacent to an activating group) is 1. The molecule has 0 radical (unpaired) electrons. The Labute approximate surface area is 243 Å². The number of nitrogens with zero attached hydrogens (tertiary/aromatic N) is 5. The van der Waals surface area contributed by atoms with Crippen molar-refractivity contribution in [3.05, 3.63) is 59.3 Å². The highest BCUT2D eigenvalue weighted by Crippen LogP contribution is 2.41. The van der Waals surface area contributed by atoms with Gasteiger partial charge in [0, 0.05) is 70.8 Å². The molecule has 1 aromatic carbocycles. The molecule has 6 rings (SSSR count). The quantitative estimate of drug-likeness (QED) is 0.551. The predicted molar refractivity (Wildman–Crippen MR) is 165 cm³/mol. The molecule has 1 atom stereocenters. The van der Waals surface area contributed by atoms with Crippen LogP contribution in [0.25, 0.3) is 5.57 Å². The maximum atomic E-state index is 15.8. The number of piperazine rings is 1. The van der Waals surface area contributed by atoms with Crippen LogP contribution in [-0.4, -0.2) is 93.0 Å². The number of fused-ring (bicyclic) bond motifs is 1. The lowest BCUT2D eigenvalue weighted by Crippen LogP contribution is -2.52. The summed E-state index contributed by atoms with van der Waals surface area (Å²) in [6.45, 7) is 14.4. The molecule has 8 nitrogen and oxygen atoms in total. The number of nitrogens with two attached hydrogens (primary N) is 1. The second-order valence-electron chi connectivity index (χ2n) is 12.0. The van der Waals surface area contributed by atoms with Crippen LogP contribution in [0.4, 0.5) is 10.1 Å². The third kappa shape index (κ3) is 5.72. The molecule has 41 heavy (non-hydrogen) atoms. The number of rotatable bonds is 6. The van der Waals surface area contributed by atoms with Crippen LogP contribution in [0.1, 0.15) is 44.6 Å². The molecule has 0 aliphatic carbocycles. The van der Waals surface area contributed by atoms with E-state index in [4.69, 9.17) is 15.5 Å². The lowest BCUT2D eigenvalue weighted by Gasteiger charge is -2.42. The Bertz CT molecular complexity index is 1280. The molecule has 3 saturated heterocycles. The van der Waals surface area contributed by atoms with Crippen LogP contribution in [0.15, 0.2) is 57.9 Å². The molecule has 0 spiro atoms. The molecule has 3 fully saturated rings. The Morgan fingerprint density at radius 1 is 1.07 bits per heavy atom. The van der Waals surface area contributed by atoms with E-state index in [-0.39, 0.29) is 11.7 Å². The van der Waals surface area contributed by atoms with Crippen molar-refractivity contribution in [2.75, 3.05) is 64.4 Å². The van der Waals surface area contributed by atoms with E-state index in [2.05, 4.69) is 45.6 Å². The highest BCUT2D eigenvalue weighted by molar-refractivity contribution is 6.45. The van der Waals surface area contributed by atoms with Gasteiger partial charge in [-0.05, 0) is 68.0 Å². The van der Waals surface area contributed by atoms with Crippen molar-refractivity contribution in [3.63, 3.8) is 0 Å². The minimum absolute atomic E-state index is 0.200. The Morgan fingerprint density at radius 3 is 2.49 bits per heavy atom. The van der Waals surface area contributed by atoms with Crippen molar-refractivity contribution in [3.8, 4) is 0 Å². The van der Waals surface area contributed by atoms with Crippen molar-refractivity contribution in [1.82, 2.24) is 15.1 Å². The standard InChI is InChI=1S/C32H44FN7O/c1-4-27-30(36-23-9-17-41-18-10-23)21(2)29-25(20-35-32(34)31(29)37-27)22-5-6-28(26(33)19-22)40-11-7-24(8-12-40)39-15-13-38(3)14-16-39/h5-6,19-20,23-24,29,36H,2,4,7-18H2,1,3H3,(H2,34,35). The topological polar surface area (TPSA) is 81.7 Å². The van der Waals surface area contributed by atoms with Gasteiger partial charge < -0.3 is 25.6 Å². The van der Waals surface area contributed by atoms with E-state index in [1.54, 1.807) is 12.3 Å². The van der Waals surface area contributed by atoms with Gasteiger partial charge in [0.2, 0.25) is 0 Å². The lowest BCUT2D eigenvalue weighted by molar-refractivity contribution is 0.0804. The van der Waals surface area contributed by atoms with Crippen LogP contribution in [0.3, 0.4) is 0 Å². The maximum Gasteiger partial charge on any atom is 0.147 e. The third-order valence-electron chi connectivity index (χ3n) is 9.45. The molecule has 5 heterocycles. The molecule has 5 aliphatic rings. The van der Waals surface area contributed by atoms with Gasteiger partial charge >= 0.3 is 0 Å². The van der Waals surface area contributed by atoms with Crippen LogP contribution >= 0.6 is 0 Å². The lowest BCUT2D eigenvalue weighted by atomic mass is 9.78. The zero-order chi connectivity index (χ0) is 28.5. The van der Waals surface area contributed by atoms with Crippen molar-refractivity contribution < 1.29 is 9.13 Å². The predicted octanol–water partition coefficient (Wildman–Crippen LogP) is 3.77. The molecule has 0 saturated carbocycles. The van der Waals surface area contributed by atoms with Crippen LogP contribution in [0.2, 0.25) is 0 Å². The summed E-state index contributed by atoms with van der Waals surface area (Å²) < 4.78 is 21.3. The first-order valence-corrected chi connectivity index (χ1v) is 15.3. The number of nitrogens with one attached hydrogen (secondary N) is 1. The number of allylic oxidation sites excluding steroid dienone is 3. The van der Waals surface area contributed by atoms with E-state index in [9.17, 15) is 0 Å². The summed E-state index contributed by atoms with van der Waals surface area (Å²) in [6, 6.07) is 6.51. The van der Waals surface area contributed by atoms with Crippen molar-refractivity contribution in [2.24, 2.45) is 21.6 Å². The van der Waals surface area contributed by atoms with Crippen molar-refractivity contribution >= 4 is 22.8 Å². The van der Waals surface area contributed by atoms with Crippen molar-refractivity contribution in [1.29, 1.82) is 0 Å². The molecular weight excluding hydrogens is 517 g/mol. The zero-order valence-corrected chi connectivity index (χ0v) is 24.5. The van der Waals surface area contributed by atoms with Gasteiger partial charge in [-0.25, -0.2) is 9.38 Å². The molecule has 0 bridgehead atoms. The normalized spacial score (nSPS) is 25.5. The first-order valence-electron chi connectivity index (χ1n) is 15.3. The number of hydrogen-bond acceptors (Lipinski definition) is 8.